The first-order valence-corrected chi connectivity index (χ1v) is 11.6. The Morgan fingerprint density at radius 2 is 1.62 bits per heavy atom. The Hall–Kier alpha value is -3.02. The molecule has 1 saturated heterocycles. The predicted octanol–water partition coefficient (Wildman–Crippen LogP) is 1.49. The van der Waals surface area contributed by atoms with Gasteiger partial charge in [-0.05, 0) is 41.6 Å². The van der Waals surface area contributed by atoms with E-state index >= 15 is 0 Å². The molecule has 32 heavy (non-hydrogen) atoms. The van der Waals surface area contributed by atoms with Gasteiger partial charge in [-0.3, -0.25) is 4.90 Å². The Labute approximate surface area is 187 Å². The van der Waals surface area contributed by atoms with Crippen molar-refractivity contribution >= 4 is 10.0 Å². The maximum Gasteiger partial charge on any atom is 0.243 e. The fourth-order valence-electron chi connectivity index (χ4n) is 3.64. The first-order valence-electron chi connectivity index (χ1n) is 10.2. The average molecular weight is 459 g/mol. The lowest BCUT2D eigenvalue weighted by Gasteiger charge is -2.33. The number of aryl methyl sites for hydroxylation is 1. The summed E-state index contributed by atoms with van der Waals surface area (Å²) in [5.74, 6) is 1.59. The van der Waals surface area contributed by atoms with Gasteiger partial charge < -0.3 is 9.47 Å². The SMILES string of the molecule is COc1ccc(S(=O)(=O)N2CCN(Cc3nnnn3-c3ccc(C)cc3)CC2)cc1OC. The normalized spacial score (nSPS) is 15.6. The highest BCUT2D eigenvalue weighted by Gasteiger charge is 2.30. The fraction of sp³-hybridized carbons (Fsp3) is 0.381. The number of nitrogens with zero attached hydrogens (tertiary/aromatic N) is 6. The van der Waals surface area contributed by atoms with Crippen molar-refractivity contribution in [3.05, 3.63) is 53.9 Å². The fourth-order valence-corrected chi connectivity index (χ4v) is 5.08. The highest BCUT2D eigenvalue weighted by molar-refractivity contribution is 7.89. The number of hydrogen-bond acceptors (Lipinski definition) is 8. The van der Waals surface area contributed by atoms with Gasteiger partial charge in [-0.25, -0.2) is 8.42 Å². The van der Waals surface area contributed by atoms with Crippen LogP contribution in [0.2, 0.25) is 0 Å². The molecule has 2 heterocycles. The smallest absolute Gasteiger partial charge is 0.243 e. The molecule has 170 valence electrons. The van der Waals surface area contributed by atoms with Crippen molar-refractivity contribution < 1.29 is 17.9 Å². The first kappa shape index (κ1) is 22.2. The standard InChI is InChI=1S/C21H26N6O4S/c1-16-4-6-17(7-5-16)27-21(22-23-24-27)15-25-10-12-26(13-11-25)32(28,29)18-8-9-19(30-2)20(14-18)31-3/h4-9,14H,10-13,15H2,1-3H3. The van der Waals surface area contributed by atoms with Gasteiger partial charge >= 0.3 is 0 Å². The third kappa shape index (κ3) is 4.45. The zero-order valence-corrected chi connectivity index (χ0v) is 19.1. The van der Waals surface area contributed by atoms with Crippen LogP contribution in [-0.2, 0) is 16.6 Å². The molecule has 1 fully saturated rings. The molecule has 0 radical (unpaired) electrons. The topological polar surface area (TPSA) is 103 Å². The minimum atomic E-state index is -3.63. The van der Waals surface area contributed by atoms with Gasteiger partial charge in [0.05, 0.1) is 31.3 Å². The predicted molar refractivity (Wildman–Crippen MR) is 117 cm³/mol. The molecule has 1 aliphatic rings. The van der Waals surface area contributed by atoms with Crippen molar-refractivity contribution in [2.24, 2.45) is 0 Å². The van der Waals surface area contributed by atoms with Gasteiger partial charge in [-0.15, -0.1) is 5.10 Å². The lowest BCUT2D eigenvalue weighted by molar-refractivity contribution is 0.177. The molecule has 0 aliphatic carbocycles. The highest BCUT2D eigenvalue weighted by Crippen LogP contribution is 2.31. The third-order valence-corrected chi connectivity index (χ3v) is 7.40. The number of aromatic nitrogens is 4. The quantitative estimate of drug-likeness (QED) is 0.525. The second-order valence-electron chi connectivity index (χ2n) is 7.54. The van der Waals surface area contributed by atoms with E-state index in [1.54, 1.807) is 16.8 Å². The van der Waals surface area contributed by atoms with Gasteiger partial charge in [-0.2, -0.15) is 8.99 Å². The van der Waals surface area contributed by atoms with E-state index in [0.717, 1.165) is 11.3 Å². The summed E-state index contributed by atoms with van der Waals surface area (Å²) in [6, 6.07) is 12.6. The van der Waals surface area contributed by atoms with E-state index in [1.165, 1.54) is 24.6 Å². The zero-order valence-electron chi connectivity index (χ0n) is 18.3. The van der Waals surface area contributed by atoms with E-state index in [9.17, 15) is 8.42 Å². The van der Waals surface area contributed by atoms with Crippen molar-refractivity contribution in [3.63, 3.8) is 0 Å². The van der Waals surface area contributed by atoms with Gasteiger partial charge in [0.2, 0.25) is 10.0 Å². The summed E-state index contributed by atoms with van der Waals surface area (Å²) < 4.78 is 39.9. The van der Waals surface area contributed by atoms with E-state index < -0.39 is 10.0 Å². The largest absolute Gasteiger partial charge is 0.493 e. The molecule has 4 rings (SSSR count). The Morgan fingerprint density at radius 1 is 0.938 bits per heavy atom. The van der Waals surface area contributed by atoms with Crippen LogP contribution in [0.4, 0.5) is 0 Å². The number of sulfonamides is 1. The number of methoxy groups -OCH3 is 2. The lowest BCUT2D eigenvalue weighted by atomic mass is 10.2. The molecule has 1 aromatic heterocycles. The number of tetrazole rings is 1. The monoisotopic (exact) mass is 458 g/mol. The molecule has 0 atom stereocenters. The average Bonchev–Trinajstić information content (AvgIpc) is 3.27. The molecule has 1 aliphatic heterocycles. The molecule has 0 N–H and O–H groups in total. The molecular weight excluding hydrogens is 432 g/mol. The van der Waals surface area contributed by atoms with Crippen molar-refractivity contribution in [2.75, 3.05) is 40.4 Å². The van der Waals surface area contributed by atoms with Crippen molar-refractivity contribution in [2.45, 2.75) is 18.4 Å². The minimum absolute atomic E-state index is 0.187. The van der Waals surface area contributed by atoms with Crippen molar-refractivity contribution in [3.8, 4) is 17.2 Å². The van der Waals surface area contributed by atoms with Crippen LogP contribution in [0.15, 0.2) is 47.4 Å². The maximum atomic E-state index is 13.1. The highest BCUT2D eigenvalue weighted by atomic mass is 32.2. The molecule has 11 heteroatoms. The van der Waals surface area contributed by atoms with E-state index in [4.69, 9.17) is 9.47 Å². The van der Waals surface area contributed by atoms with Crippen LogP contribution in [0.25, 0.3) is 5.69 Å². The van der Waals surface area contributed by atoms with E-state index in [2.05, 4.69) is 20.4 Å². The molecule has 0 bridgehead atoms. The number of piperazine rings is 1. The number of ether oxygens (including phenoxy) is 2. The van der Waals surface area contributed by atoms with Crippen molar-refractivity contribution in [1.29, 1.82) is 0 Å². The van der Waals surface area contributed by atoms with Crippen LogP contribution in [0, 0.1) is 6.92 Å². The van der Waals surface area contributed by atoms with Crippen LogP contribution in [0.5, 0.6) is 11.5 Å². The molecule has 3 aromatic rings. The van der Waals surface area contributed by atoms with Crippen LogP contribution in [-0.4, -0.2) is 78.2 Å². The van der Waals surface area contributed by atoms with E-state index in [1.807, 2.05) is 31.2 Å². The number of rotatable bonds is 7. The number of hydrogen-bond donors (Lipinski definition) is 0. The third-order valence-electron chi connectivity index (χ3n) is 5.50. The zero-order chi connectivity index (χ0) is 22.7. The van der Waals surface area contributed by atoms with E-state index in [-0.39, 0.29) is 4.90 Å². The summed E-state index contributed by atoms with van der Waals surface area (Å²) >= 11 is 0. The molecule has 0 unspecified atom stereocenters. The summed E-state index contributed by atoms with van der Waals surface area (Å²) in [5.41, 5.74) is 2.06. The first-order chi connectivity index (χ1) is 15.4. The Balaban J connectivity index is 1.43. The molecular formula is C21H26N6O4S. The maximum absolute atomic E-state index is 13.1. The summed E-state index contributed by atoms with van der Waals surface area (Å²) in [7, 11) is -0.637. The van der Waals surface area contributed by atoms with Crippen LogP contribution in [0.1, 0.15) is 11.4 Å². The molecule has 0 saturated carbocycles. The minimum Gasteiger partial charge on any atom is -0.493 e. The molecule has 2 aromatic carbocycles. The second kappa shape index (κ2) is 9.23. The summed E-state index contributed by atoms with van der Waals surface area (Å²) in [6.07, 6.45) is 0. The lowest BCUT2D eigenvalue weighted by Crippen LogP contribution is -2.48. The summed E-state index contributed by atoms with van der Waals surface area (Å²) in [4.78, 5) is 2.34. The van der Waals surface area contributed by atoms with Crippen molar-refractivity contribution in [1.82, 2.24) is 29.4 Å². The Bertz CT molecular complexity index is 1170. The molecule has 10 nitrogen and oxygen atoms in total. The number of benzene rings is 2. The summed E-state index contributed by atoms with van der Waals surface area (Å²) in [5, 5.41) is 12.1. The molecule has 0 amide bonds. The molecule has 0 spiro atoms. The Morgan fingerprint density at radius 3 is 2.28 bits per heavy atom. The Kier molecular flexibility index (Phi) is 6.40. The van der Waals surface area contributed by atoms with Gasteiger partial charge in [-0.1, -0.05) is 17.7 Å². The summed E-state index contributed by atoms with van der Waals surface area (Å²) in [6.45, 7) is 4.47. The van der Waals surface area contributed by atoms with Gasteiger partial charge in [0.25, 0.3) is 0 Å². The van der Waals surface area contributed by atoms with E-state index in [0.29, 0.717) is 50.0 Å². The van der Waals surface area contributed by atoms with Gasteiger partial charge in [0.1, 0.15) is 0 Å². The van der Waals surface area contributed by atoms with Gasteiger partial charge in [0.15, 0.2) is 17.3 Å². The van der Waals surface area contributed by atoms with Crippen LogP contribution in [0.3, 0.4) is 0 Å². The van der Waals surface area contributed by atoms with Crippen LogP contribution < -0.4 is 9.47 Å². The second-order valence-corrected chi connectivity index (χ2v) is 9.48. The van der Waals surface area contributed by atoms with Gasteiger partial charge in [0, 0.05) is 32.2 Å². The van der Waals surface area contributed by atoms with Crippen LogP contribution >= 0.6 is 0 Å².